The van der Waals surface area contributed by atoms with Crippen molar-refractivity contribution in [1.82, 2.24) is 9.97 Å². The number of nitrogens with zero attached hydrogens (tertiary/aromatic N) is 2. The highest BCUT2D eigenvalue weighted by Crippen LogP contribution is 2.18. The maximum Gasteiger partial charge on any atom is 0.133 e. The predicted octanol–water partition coefficient (Wildman–Crippen LogP) is 1.87. The van der Waals surface area contributed by atoms with Crippen LogP contribution in [0.5, 0.6) is 5.75 Å². The molecule has 2 aromatic rings. The second-order valence-corrected chi connectivity index (χ2v) is 3.83. The van der Waals surface area contributed by atoms with Gasteiger partial charge in [-0.15, -0.1) is 0 Å². The van der Waals surface area contributed by atoms with Gasteiger partial charge in [0.05, 0.1) is 0 Å². The van der Waals surface area contributed by atoms with E-state index >= 15 is 0 Å². The number of aryl methyl sites for hydroxylation is 1. The fourth-order valence-electron chi connectivity index (χ4n) is 1.48. The van der Waals surface area contributed by atoms with Gasteiger partial charge in [-0.25, -0.2) is 9.97 Å². The lowest BCUT2D eigenvalue weighted by Crippen LogP contribution is -2.10. The first kappa shape index (κ1) is 12.3. The van der Waals surface area contributed by atoms with E-state index in [1.54, 1.807) is 0 Å². The zero-order valence-electron chi connectivity index (χ0n) is 10.3. The van der Waals surface area contributed by atoms with Gasteiger partial charge in [0.1, 0.15) is 24.5 Å². The maximum atomic E-state index is 5.40. The first-order valence-corrected chi connectivity index (χ1v) is 5.76. The fourth-order valence-corrected chi connectivity index (χ4v) is 1.48. The van der Waals surface area contributed by atoms with Gasteiger partial charge in [0.15, 0.2) is 0 Å². The lowest BCUT2D eigenvalue weighted by Gasteiger charge is -2.08. The summed E-state index contributed by atoms with van der Waals surface area (Å²) in [6.07, 6.45) is 1.54. The molecule has 0 radical (unpaired) electrons. The van der Waals surface area contributed by atoms with Crippen LogP contribution in [0.4, 0.5) is 11.5 Å². The molecule has 0 unspecified atom stereocenters. The van der Waals surface area contributed by atoms with Crippen molar-refractivity contribution < 1.29 is 4.74 Å². The summed E-state index contributed by atoms with van der Waals surface area (Å²) in [7, 11) is 0. The Kier molecular flexibility index (Phi) is 4.09. The normalized spacial score (nSPS) is 10.1. The van der Waals surface area contributed by atoms with Gasteiger partial charge in [0.2, 0.25) is 0 Å². The Morgan fingerprint density at radius 1 is 1.22 bits per heavy atom. The molecule has 0 amide bonds. The number of benzene rings is 1. The van der Waals surface area contributed by atoms with Crippen LogP contribution in [-0.2, 0) is 0 Å². The molecule has 1 aromatic carbocycles. The summed E-state index contributed by atoms with van der Waals surface area (Å²) in [4.78, 5) is 8.18. The molecule has 2 rings (SSSR count). The summed E-state index contributed by atoms with van der Waals surface area (Å²) < 4.78 is 5.40. The SMILES string of the molecule is Cc1cc(Nc2ccc(OCCN)cc2)ncn1. The third-order valence-corrected chi connectivity index (χ3v) is 2.32. The van der Waals surface area contributed by atoms with Gasteiger partial charge in [-0.2, -0.15) is 0 Å². The van der Waals surface area contributed by atoms with E-state index in [-0.39, 0.29) is 0 Å². The number of nitrogens with one attached hydrogen (secondary N) is 1. The van der Waals surface area contributed by atoms with Crippen molar-refractivity contribution in [2.75, 3.05) is 18.5 Å². The third kappa shape index (κ3) is 3.43. The van der Waals surface area contributed by atoms with Crippen molar-refractivity contribution in [1.29, 1.82) is 0 Å². The monoisotopic (exact) mass is 244 g/mol. The minimum Gasteiger partial charge on any atom is -0.492 e. The molecular weight excluding hydrogens is 228 g/mol. The first-order chi connectivity index (χ1) is 8.78. The average molecular weight is 244 g/mol. The molecular formula is C13H16N4O. The first-order valence-electron chi connectivity index (χ1n) is 5.76. The van der Waals surface area contributed by atoms with Crippen LogP contribution in [0.3, 0.4) is 0 Å². The number of hydrogen-bond acceptors (Lipinski definition) is 5. The minimum absolute atomic E-state index is 0.514. The average Bonchev–Trinajstić information content (AvgIpc) is 2.38. The Balaban J connectivity index is 2.02. The second-order valence-electron chi connectivity index (χ2n) is 3.83. The van der Waals surface area contributed by atoms with E-state index in [0.29, 0.717) is 13.2 Å². The molecule has 1 heterocycles. The Morgan fingerprint density at radius 2 is 2.00 bits per heavy atom. The van der Waals surface area contributed by atoms with Crippen LogP contribution < -0.4 is 15.8 Å². The Morgan fingerprint density at radius 3 is 2.67 bits per heavy atom. The lowest BCUT2D eigenvalue weighted by atomic mass is 10.3. The van der Waals surface area contributed by atoms with E-state index in [4.69, 9.17) is 10.5 Å². The van der Waals surface area contributed by atoms with Crippen molar-refractivity contribution in [3.63, 3.8) is 0 Å². The van der Waals surface area contributed by atoms with Crippen molar-refractivity contribution in [3.05, 3.63) is 42.4 Å². The summed E-state index contributed by atoms with van der Waals surface area (Å²) in [5, 5.41) is 3.20. The van der Waals surface area contributed by atoms with E-state index < -0.39 is 0 Å². The number of rotatable bonds is 5. The Bertz CT molecular complexity index is 499. The molecule has 0 atom stereocenters. The molecule has 0 saturated carbocycles. The topological polar surface area (TPSA) is 73.1 Å². The largest absolute Gasteiger partial charge is 0.492 e. The number of anilines is 2. The third-order valence-electron chi connectivity index (χ3n) is 2.32. The number of ether oxygens (including phenoxy) is 1. The van der Waals surface area contributed by atoms with E-state index in [1.165, 1.54) is 6.33 Å². The van der Waals surface area contributed by atoms with Crippen molar-refractivity contribution >= 4 is 11.5 Å². The van der Waals surface area contributed by atoms with E-state index in [1.807, 2.05) is 37.3 Å². The standard InChI is InChI=1S/C13H16N4O/c1-10-8-13(16-9-15-10)17-11-2-4-12(5-3-11)18-7-6-14/h2-5,8-9H,6-7,14H2,1H3,(H,15,16,17). The van der Waals surface area contributed by atoms with Crippen LogP contribution >= 0.6 is 0 Å². The summed E-state index contributed by atoms with van der Waals surface area (Å²) >= 11 is 0. The van der Waals surface area contributed by atoms with Gasteiger partial charge in [-0.05, 0) is 31.2 Å². The molecule has 5 heteroatoms. The summed E-state index contributed by atoms with van der Waals surface area (Å²) in [5.41, 5.74) is 7.25. The summed E-state index contributed by atoms with van der Waals surface area (Å²) in [6.45, 7) is 2.97. The molecule has 1 aromatic heterocycles. The van der Waals surface area contributed by atoms with Gasteiger partial charge in [-0.1, -0.05) is 0 Å². The molecule has 0 aliphatic heterocycles. The smallest absolute Gasteiger partial charge is 0.133 e. The van der Waals surface area contributed by atoms with E-state index in [9.17, 15) is 0 Å². The van der Waals surface area contributed by atoms with Gasteiger partial charge >= 0.3 is 0 Å². The quantitative estimate of drug-likeness (QED) is 0.840. The van der Waals surface area contributed by atoms with E-state index in [2.05, 4.69) is 15.3 Å². The lowest BCUT2D eigenvalue weighted by molar-refractivity contribution is 0.328. The van der Waals surface area contributed by atoms with Crippen LogP contribution in [0.1, 0.15) is 5.69 Å². The molecule has 0 aliphatic rings. The predicted molar refractivity (Wildman–Crippen MR) is 71.0 cm³/mol. The van der Waals surface area contributed by atoms with Crippen LogP contribution in [-0.4, -0.2) is 23.1 Å². The van der Waals surface area contributed by atoms with Gasteiger partial charge < -0.3 is 15.8 Å². The number of nitrogens with two attached hydrogens (primary N) is 1. The molecule has 0 saturated heterocycles. The molecule has 5 nitrogen and oxygen atoms in total. The van der Waals surface area contributed by atoms with Crippen molar-refractivity contribution in [2.24, 2.45) is 5.73 Å². The summed E-state index contributed by atoms with van der Waals surface area (Å²) in [5.74, 6) is 1.59. The van der Waals surface area contributed by atoms with Crippen molar-refractivity contribution in [2.45, 2.75) is 6.92 Å². The van der Waals surface area contributed by atoms with Gasteiger partial charge in [0.25, 0.3) is 0 Å². The fraction of sp³-hybridized carbons (Fsp3) is 0.231. The summed E-state index contributed by atoms with van der Waals surface area (Å²) in [6, 6.07) is 9.55. The van der Waals surface area contributed by atoms with Crippen LogP contribution in [0, 0.1) is 6.92 Å². The maximum absolute atomic E-state index is 5.40. The zero-order chi connectivity index (χ0) is 12.8. The second kappa shape index (κ2) is 5.97. The minimum atomic E-state index is 0.514. The highest BCUT2D eigenvalue weighted by Gasteiger charge is 1.98. The van der Waals surface area contributed by atoms with Crippen LogP contribution in [0.2, 0.25) is 0 Å². The molecule has 0 fully saturated rings. The zero-order valence-corrected chi connectivity index (χ0v) is 10.3. The van der Waals surface area contributed by atoms with Crippen LogP contribution in [0.25, 0.3) is 0 Å². The highest BCUT2D eigenvalue weighted by atomic mass is 16.5. The highest BCUT2D eigenvalue weighted by molar-refractivity contribution is 5.56. The van der Waals surface area contributed by atoms with Crippen molar-refractivity contribution in [3.8, 4) is 5.75 Å². The molecule has 3 N–H and O–H groups in total. The number of hydrogen-bond donors (Lipinski definition) is 2. The van der Waals surface area contributed by atoms with Gasteiger partial charge in [0, 0.05) is 24.0 Å². The molecule has 0 bridgehead atoms. The Labute approximate surface area is 106 Å². The molecule has 94 valence electrons. The Hall–Kier alpha value is -2.14. The molecule has 0 spiro atoms. The molecule has 0 aliphatic carbocycles. The van der Waals surface area contributed by atoms with Gasteiger partial charge in [-0.3, -0.25) is 0 Å². The molecule has 18 heavy (non-hydrogen) atoms. The van der Waals surface area contributed by atoms with E-state index in [0.717, 1.165) is 22.9 Å². The van der Waals surface area contributed by atoms with Crippen LogP contribution in [0.15, 0.2) is 36.7 Å². The number of aromatic nitrogens is 2.